The van der Waals surface area contributed by atoms with Crippen molar-refractivity contribution in [2.24, 2.45) is 0 Å². The number of halogens is 2. The predicted molar refractivity (Wildman–Crippen MR) is 93.1 cm³/mol. The minimum Gasteiger partial charge on any atom is -0.316 e. The van der Waals surface area contributed by atoms with Gasteiger partial charge in [-0.1, -0.05) is 6.07 Å². The van der Waals surface area contributed by atoms with Crippen LogP contribution in [0.15, 0.2) is 67.3 Å². The Morgan fingerprint density at radius 3 is 2.42 bits per heavy atom. The summed E-state index contributed by atoms with van der Waals surface area (Å²) in [7, 11) is 0. The van der Waals surface area contributed by atoms with Crippen LogP contribution >= 0.6 is 0 Å². The first-order valence-electron chi connectivity index (χ1n) is 7.90. The molecule has 1 N–H and O–H groups in total. The lowest BCUT2D eigenvalue weighted by Gasteiger charge is -2.23. The molecule has 0 aliphatic heterocycles. The number of hydrogen-bond acceptors (Lipinski definition) is 3. The van der Waals surface area contributed by atoms with Crippen LogP contribution in [0.25, 0.3) is 0 Å². The van der Waals surface area contributed by atoms with Crippen LogP contribution < -0.4 is 5.32 Å². The van der Waals surface area contributed by atoms with E-state index in [9.17, 15) is 13.6 Å². The van der Waals surface area contributed by atoms with Gasteiger partial charge in [-0.05, 0) is 41.5 Å². The Morgan fingerprint density at radius 2 is 1.73 bits per heavy atom. The fourth-order valence-corrected chi connectivity index (χ4v) is 2.41. The average Bonchev–Trinajstić information content (AvgIpc) is 2.65. The summed E-state index contributed by atoms with van der Waals surface area (Å²) in [4.78, 5) is 22.2. The molecule has 1 aromatic carbocycles. The highest BCUT2D eigenvalue weighted by atomic mass is 19.1. The average molecular weight is 354 g/mol. The largest absolute Gasteiger partial charge is 0.322 e. The molecule has 2 amide bonds. The summed E-state index contributed by atoms with van der Waals surface area (Å²) < 4.78 is 26.9. The molecule has 0 spiro atoms. The summed E-state index contributed by atoms with van der Waals surface area (Å²) in [6, 6.07) is 9.71. The third kappa shape index (κ3) is 4.60. The second-order valence-corrected chi connectivity index (χ2v) is 5.63. The number of hydrogen-bond donors (Lipinski definition) is 1. The molecule has 7 heteroatoms. The molecule has 0 aliphatic rings. The quantitative estimate of drug-likeness (QED) is 0.754. The van der Waals surface area contributed by atoms with Gasteiger partial charge in [0, 0.05) is 43.9 Å². The minimum absolute atomic E-state index is 0.0812. The molecule has 3 rings (SSSR count). The van der Waals surface area contributed by atoms with E-state index in [1.54, 1.807) is 43.0 Å². The van der Waals surface area contributed by atoms with Crippen LogP contribution in [0.3, 0.4) is 0 Å². The lowest BCUT2D eigenvalue weighted by atomic mass is 10.2. The monoisotopic (exact) mass is 354 g/mol. The van der Waals surface area contributed by atoms with Crippen molar-refractivity contribution in [2.45, 2.75) is 13.1 Å². The predicted octanol–water partition coefficient (Wildman–Crippen LogP) is 3.99. The SMILES string of the molecule is O=C(Nc1ccc(F)cc1F)N(Cc1ccncc1)Cc1cccnc1. The highest BCUT2D eigenvalue weighted by Crippen LogP contribution is 2.17. The zero-order valence-corrected chi connectivity index (χ0v) is 13.8. The Balaban J connectivity index is 1.80. The van der Waals surface area contributed by atoms with Gasteiger partial charge in [-0.15, -0.1) is 0 Å². The summed E-state index contributed by atoms with van der Waals surface area (Å²) in [5.41, 5.74) is 1.62. The van der Waals surface area contributed by atoms with Gasteiger partial charge in [0.05, 0.1) is 5.69 Å². The molecule has 2 aromatic heterocycles. The van der Waals surface area contributed by atoms with E-state index in [2.05, 4.69) is 15.3 Å². The zero-order valence-electron chi connectivity index (χ0n) is 13.8. The van der Waals surface area contributed by atoms with E-state index in [4.69, 9.17) is 0 Å². The first-order chi connectivity index (χ1) is 12.6. The number of pyridine rings is 2. The number of nitrogens with zero attached hydrogens (tertiary/aromatic N) is 3. The van der Waals surface area contributed by atoms with Crippen molar-refractivity contribution in [3.63, 3.8) is 0 Å². The van der Waals surface area contributed by atoms with Crippen LogP contribution in [-0.2, 0) is 13.1 Å². The molecule has 0 aliphatic carbocycles. The van der Waals surface area contributed by atoms with E-state index in [-0.39, 0.29) is 12.2 Å². The van der Waals surface area contributed by atoms with E-state index >= 15 is 0 Å². The summed E-state index contributed by atoms with van der Waals surface area (Å²) >= 11 is 0. The van der Waals surface area contributed by atoms with Crippen molar-refractivity contribution < 1.29 is 13.6 Å². The Hall–Kier alpha value is -3.35. The summed E-state index contributed by atoms with van der Waals surface area (Å²) in [6.45, 7) is 0.580. The molecule has 2 heterocycles. The molecule has 0 atom stereocenters. The maximum absolute atomic E-state index is 13.8. The number of carbonyl (C=O) groups is 1. The normalized spacial score (nSPS) is 10.4. The Labute approximate surface area is 149 Å². The molecule has 132 valence electrons. The van der Waals surface area contributed by atoms with Crippen molar-refractivity contribution >= 4 is 11.7 Å². The number of anilines is 1. The van der Waals surface area contributed by atoms with Gasteiger partial charge in [-0.2, -0.15) is 0 Å². The van der Waals surface area contributed by atoms with Gasteiger partial charge in [0.1, 0.15) is 11.6 Å². The Bertz CT molecular complexity index is 834. The first-order valence-corrected chi connectivity index (χ1v) is 7.90. The van der Waals surface area contributed by atoms with Crippen molar-refractivity contribution in [2.75, 3.05) is 5.32 Å². The standard InChI is InChI=1S/C19H16F2N4O/c20-16-3-4-18(17(21)10-16)24-19(26)25(12-14-5-8-22-9-6-14)13-15-2-1-7-23-11-15/h1-11H,12-13H2,(H,24,26). The fraction of sp³-hybridized carbons (Fsp3) is 0.105. The van der Waals surface area contributed by atoms with Gasteiger partial charge in [0.25, 0.3) is 0 Å². The van der Waals surface area contributed by atoms with E-state index in [1.165, 1.54) is 11.0 Å². The molecule has 5 nitrogen and oxygen atoms in total. The van der Waals surface area contributed by atoms with E-state index in [0.29, 0.717) is 6.54 Å². The summed E-state index contributed by atoms with van der Waals surface area (Å²) in [5.74, 6) is -1.53. The lowest BCUT2D eigenvalue weighted by Crippen LogP contribution is -2.34. The van der Waals surface area contributed by atoms with Crippen molar-refractivity contribution in [3.05, 3.63) is 90.0 Å². The Morgan fingerprint density at radius 1 is 0.962 bits per heavy atom. The van der Waals surface area contributed by atoms with Crippen LogP contribution in [0.2, 0.25) is 0 Å². The fourth-order valence-electron chi connectivity index (χ4n) is 2.41. The van der Waals surface area contributed by atoms with Gasteiger partial charge in [-0.3, -0.25) is 9.97 Å². The zero-order chi connectivity index (χ0) is 18.4. The highest BCUT2D eigenvalue weighted by molar-refractivity contribution is 5.89. The van der Waals surface area contributed by atoms with Gasteiger partial charge in [-0.25, -0.2) is 13.6 Å². The van der Waals surface area contributed by atoms with Gasteiger partial charge in [0.2, 0.25) is 0 Å². The van der Waals surface area contributed by atoms with E-state index in [1.807, 2.05) is 6.07 Å². The summed E-state index contributed by atoms with van der Waals surface area (Å²) in [6.07, 6.45) is 6.57. The van der Waals surface area contributed by atoms with Crippen LogP contribution in [0.4, 0.5) is 19.3 Å². The molecule has 0 radical (unpaired) electrons. The minimum atomic E-state index is -0.830. The van der Waals surface area contributed by atoms with Gasteiger partial charge >= 0.3 is 6.03 Å². The van der Waals surface area contributed by atoms with Crippen LogP contribution in [0, 0.1) is 11.6 Å². The molecule has 0 saturated carbocycles. The van der Waals surface area contributed by atoms with Crippen LogP contribution in [0.5, 0.6) is 0 Å². The molecular formula is C19H16F2N4O. The third-order valence-electron chi connectivity index (χ3n) is 3.68. The van der Waals surface area contributed by atoms with E-state index < -0.39 is 17.7 Å². The molecular weight excluding hydrogens is 338 g/mol. The number of nitrogens with one attached hydrogen (secondary N) is 1. The second kappa shape index (κ2) is 8.15. The molecule has 0 unspecified atom stereocenters. The second-order valence-electron chi connectivity index (χ2n) is 5.63. The number of rotatable bonds is 5. The van der Waals surface area contributed by atoms with Crippen molar-refractivity contribution in [1.29, 1.82) is 0 Å². The number of urea groups is 1. The molecule has 0 fully saturated rings. The van der Waals surface area contributed by atoms with Gasteiger partial charge < -0.3 is 10.2 Å². The Kier molecular flexibility index (Phi) is 5.48. The number of amides is 2. The number of aromatic nitrogens is 2. The number of benzene rings is 1. The van der Waals surface area contributed by atoms with Crippen LogP contribution in [-0.4, -0.2) is 20.9 Å². The molecule has 0 saturated heterocycles. The maximum Gasteiger partial charge on any atom is 0.322 e. The van der Waals surface area contributed by atoms with Crippen LogP contribution in [0.1, 0.15) is 11.1 Å². The topological polar surface area (TPSA) is 58.1 Å². The maximum atomic E-state index is 13.8. The lowest BCUT2D eigenvalue weighted by molar-refractivity contribution is 0.206. The third-order valence-corrected chi connectivity index (χ3v) is 3.68. The van der Waals surface area contributed by atoms with Gasteiger partial charge in [0.15, 0.2) is 0 Å². The van der Waals surface area contributed by atoms with E-state index in [0.717, 1.165) is 23.3 Å². The molecule has 0 bridgehead atoms. The smallest absolute Gasteiger partial charge is 0.316 e. The highest BCUT2D eigenvalue weighted by Gasteiger charge is 2.17. The molecule has 3 aromatic rings. The van der Waals surface area contributed by atoms with Crippen molar-refractivity contribution in [3.8, 4) is 0 Å². The number of carbonyl (C=O) groups excluding carboxylic acids is 1. The molecule has 26 heavy (non-hydrogen) atoms. The first kappa shape index (κ1) is 17.5. The summed E-state index contributed by atoms with van der Waals surface area (Å²) in [5, 5.41) is 2.49. The van der Waals surface area contributed by atoms with Crippen molar-refractivity contribution in [1.82, 2.24) is 14.9 Å².